The number of rotatable bonds is 4. The maximum Gasteiger partial charge on any atom is 0.198 e. The van der Waals surface area contributed by atoms with Crippen LogP contribution < -0.4 is 0 Å². The molecule has 3 aromatic rings. The Morgan fingerprint density at radius 1 is 1.03 bits per heavy atom. The van der Waals surface area contributed by atoms with Gasteiger partial charge in [0.15, 0.2) is 6.33 Å². The predicted molar refractivity (Wildman–Crippen MR) is 123 cm³/mol. The Morgan fingerprint density at radius 3 is 2.61 bits per heavy atom. The van der Waals surface area contributed by atoms with Crippen molar-refractivity contribution in [3.63, 3.8) is 0 Å². The largest absolute Gasteiger partial charge is 0.306 e. The molecule has 6 heteroatoms. The van der Waals surface area contributed by atoms with Crippen molar-refractivity contribution >= 4 is 11.3 Å². The van der Waals surface area contributed by atoms with E-state index in [1.54, 1.807) is 23.5 Å². The van der Waals surface area contributed by atoms with Gasteiger partial charge < -0.3 is 4.90 Å². The Labute approximate surface area is 187 Å². The van der Waals surface area contributed by atoms with Crippen molar-refractivity contribution in [2.45, 2.75) is 56.8 Å². The van der Waals surface area contributed by atoms with Crippen LogP contribution >= 0.6 is 11.3 Å². The van der Waals surface area contributed by atoms with Crippen LogP contribution in [0.4, 0.5) is 4.39 Å². The number of aromatic nitrogens is 3. The second kappa shape index (κ2) is 9.13. The lowest BCUT2D eigenvalue weighted by Crippen LogP contribution is -2.29. The minimum atomic E-state index is -0.237. The molecule has 1 saturated heterocycles. The lowest BCUT2D eigenvalue weighted by atomic mass is 9.83. The van der Waals surface area contributed by atoms with Gasteiger partial charge in [0.05, 0.1) is 21.3 Å². The second-order valence-corrected chi connectivity index (χ2v) is 9.96. The van der Waals surface area contributed by atoms with Crippen LogP contribution in [0.15, 0.2) is 30.5 Å². The maximum absolute atomic E-state index is 14.1. The molecule has 1 radical (unpaired) electrons. The van der Waals surface area contributed by atoms with Gasteiger partial charge in [-0.2, -0.15) is 0 Å². The average molecular weight is 436 g/mol. The minimum Gasteiger partial charge on any atom is -0.306 e. The molecule has 31 heavy (non-hydrogen) atoms. The van der Waals surface area contributed by atoms with Crippen molar-refractivity contribution in [3.05, 3.63) is 53.2 Å². The molecule has 0 atom stereocenters. The summed E-state index contributed by atoms with van der Waals surface area (Å²) >= 11 is 1.74. The van der Waals surface area contributed by atoms with Crippen molar-refractivity contribution < 1.29 is 4.39 Å². The monoisotopic (exact) mass is 435 g/mol. The van der Waals surface area contributed by atoms with Gasteiger partial charge in [0.2, 0.25) is 0 Å². The number of likely N-dealkylation sites (tertiary alicyclic amines) is 1. The van der Waals surface area contributed by atoms with Crippen LogP contribution in [0.3, 0.4) is 0 Å². The Balaban J connectivity index is 1.61. The van der Waals surface area contributed by atoms with Crippen LogP contribution in [0.5, 0.6) is 0 Å². The molecule has 1 aliphatic carbocycles. The van der Waals surface area contributed by atoms with E-state index in [0.29, 0.717) is 11.8 Å². The summed E-state index contributed by atoms with van der Waals surface area (Å²) < 4.78 is 14.1. The van der Waals surface area contributed by atoms with Gasteiger partial charge in [-0.25, -0.2) is 19.3 Å². The van der Waals surface area contributed by atoms with Gasteiger partial charge in [-0.3, -0.25) is 0 Å². The third-order valence-corrected chi connectivity index (χ3v) is 7.99. The Bertz CT molecular complexity index is 1040. The zero-order chi connectivity index (χ0) is 21.2. The van der Waals surface area contributed by atoms with Gasteiger partial charge >= 0.3 is 0 Å². The van der Waals surface area contributed by atoms with Gasteiger partial charge in [-0.15, -0.1) is 11.3 Å². The van der Waals surface area contributed by atoms with Gasteiger partial charge in [-0.1, -0.05) is 31.4 Å². The molecule has 0 amide bonds. The Hall–Kier alpha value is -2.18. The van der Waals surface area contributed by atoms with Crippen LogP contribution in [-0.2, 0) is 0 Å². The molecule has 3 heterocycles. The first-order valence-electron chi connectivity index (χ1n) is 11.4. The number of benzene rings is 1. The zero-order valence-corrected chi connectivity index (χ0v) is 18.8. The Kier molecular flexibility index (Phi) is 6.10. The topological polar surface area (TPSA) is 41.9 Å². The fourth-order valence-electron chi connectivity index (χ4n) is 4.96. The van der Waals surface area contributed by atoms with E-state index >= 15 is 0 Å². The highest BCUT2D eigenvalue weighted by molar-refractivity contribution is 7.15. The van der Waals surface area contributed by atoms with E-state index in [1.807, 2.05) is 12.3 Å². The Morgan fingerprint density at radius 2 is 1.84 bits per heavy atom. The average Bonchev–Trinajstić information content (AvgIpc) is 3.25. The van der Waals surface area contributed by atoms with E-state index in [-0.39, 0.29) is 5.82 Å². The van der Waals surface area contributed by atoms with Crippen LogP contribution in [0.2, 0.25) is 0 Å². The molecule has 161 valence electrons. The van der Waals surface area contributed by atoms with E-state index in [2.05, 4.69) is 28.2 Å². The smallest absolute Gasteiger partial charge is 0.198 e. The van der Waals surface area contributed by atoms with Crippen LogP contribution in [0, 0.1) is 12.1 Å². The predicted octanol–water partition coefficient (Wildman–Crippen LogP) is 6.06. The molecule has 1 aromatic carbocycles. The number of nitrogens with zero attached hydrogens (tertiary/aromatic N) is 4. The molecule has 1 saturated carbocycles. The molecule has 2 aliphatic rings. The molecule has 2 aromatic heterocycles. The van der Waals surface area contributed by atoms with Crippen molar-refractivity contribution in [1.29, 1.82) is 0 Å². The van der Waals surface area contributed by atoms with E-state index in [0.717, 1.165) is 52.8 Å². The van der Waals surface area contributed by atoms with Crippen LogP contribution in [-0.4, -0.2) is 40.0 Å². The molecule has 0 bridgehead atoms. The SMILES string of the molecule is CN1CCC(c2nc(-c3cccc(F)c3)c(-c3n[c]ncc3C3CCCCC3)s2)CC1. The number of piperidine rings is 1. The lowest BCUT2D eigenvalue weighted by Gasteiger charge is -2.27. The van der Waals surface area contributed by atoms with Crippen molar-refractivity contribution in [2.24, 2.45) is 0 Å². The van der Waals surface area contributed by atoms with Gasteiger partial charge in [-0.05, 0) is 63.9 Å². The summed E-state index contributed by atoms with van der Waals surface area (Å²) in [5.74, 6) is 0.692. The van der Waals surface area contributed by atoms with Crippen molar-refractivity contribution in [3.8, 4) is 21.8 Å². The first-order valence-corrected chi connectivity index (χ1v) is 12.2. The van der Waals surface area contributed by atoms with Gasteiger partial charge in [0.1, 0.15) is 5.82 Å². The third kappa shape index (κ3) is 4.41. The molecular weight excluding hydrogens is 407 g/mol. The van der Waals surface area contributed by atoms with E-state index in [1.165, 1.54) is 43.7 Å². The van der Waals surface area contributed by atoms with Crippen molar-refractivity contribution in [2.75, 3.05) is 20.1 Å². The number of hydrogen-bond acceptors (Lipinski definition) is 5. The quantitative estimate of drug-likeness (QED) is 0.499. The summed E-state index contributed by atoms with van der Waals surface area (Å²) in [5.41, 5.74) is 3.81. The lowest BCUT2D eigenvalue weighted by molar-refractivity contribution is 0.255. The maximum atomic E-state index is 14.1. The van der Waals surface area contributed by atoms with E-state index in [9.17, 15) is 4.39 Å². The molecule has 0 unspecified atom stereocenters. The zero-order valence-electron chi connectivity index (χ0n) is 18.0. The van der Waals surface area contributed by atoms with Crippen molar-refractivity contribution in [1.82, 2.24) is 19.9 Å². The highest BCUT2D eigenvalue weighted by Crippen LogP contribution is 2.44. The molecule has 2 fully saturated rings. The molecule has 0 spiro atoms. The number of halogens is 1. The summed E-state index contributed by atoms with van der Waals surface area (Å²) in [7, 11) is 2.18. The number of hydrogen-bond donors (Lipinski definition) is 0. The summed E-state index contributed by atoms with van der Waals surface area (Å²) in [6.45, 7) is 2.17. The highest BCUT2D eigenvalue weighted by atomic mass is 32.1. The first-order chi connectivity index (χ1) is 15.2. The third-order valence-electron chi connectivity index (χ3n) is 6.77. The molecular formula is C25H28FN4S. The number of thiazole rings is 1. The van der Waals surface area contributed by atoms with E-state index in [4.69, 9.17) is 4.98 Å². The fourth-order valence-corrected chi connectivity index (χ4v) is 6.22. The summed E-state index contributed by atoms with van der Waals surface area (Å²) in [5, 5.41) is 1.15. The summed E-state index contributed by atoms with van der Waals surface area (Å²) in [6, 6.07) is 6.78. The minimum absolute atomic E-state index is 0.237. The van der Waals surface area contributed by atoms with Gasteiger partial charge in [0, 0.05) is 23.2 Å². The van der Waals surface area contributed by atoms with Crippen LogP contribution in [0.1, 0.15) is 67.4 Å². The molecule has 4 nitrogen and oxygen atoms in total. The normalized spacial score (nSPS) is 19.0. The standard InChI is InChI=1S/C25H28FN4S/c1-30-12-10-18(11-13-30)25-29-22(19-8-5-9-20(26)14-19)24(31-25)23-21(15-27-16-28-23)17-6-3-2-4-7-17/h5,8-9,14-15,17-18H,2-4,6-7,10-13H2,1H3. The molecule has 0 N–H and O–H groups in total. The summed E-state index contributed by atoms with van der Waals surface area (Å²) in [6.07, 6.45) is 13.2. The highest BCUT2D eigenvalue weighted by Gasteiger charge is 2.28. The van der Waals surface area contributed by atoms with Gasteiger partial charge in [0.25, 0.3) is 0 Å². The molecule has 5 rings (SSSR count). The first kappa shape index (κ1) is 20.7. The fraction of sp³-hybridized carbons (Fsp3) is 0.480. The van der Waals surface area contributed by atoms with Crippen LogP contribution in [0.25, 0.3) is 21.8 Å². The van der Waals surface area contributed by atoms with E-state index < -0.39 is 0 Å². The molecule has 1 aliphatic heterocycles. The summed E-state index contributed by atoms with van der Waals surface area (Å²) in [4.78, 5) is 17.4. The second-order valence-electron chi connectivity index (χ2n) is 8.93.